The average molecular weight is 492 g/mol. The minimum atomic E-state index is -0.834. The molecule has 3 aromatic carbocycles. The molecule has 0 fully saturated rings. The Morgan fingerprint density at radius 2 is 1.47 bits per heavy atom. The van der Waals surface area contributed by atoms with Crippen LogP contribution in [0, 0.1) is 0 Å². The molecule has 0 saturated carbocycles. The molecule has 1 aliphatic rings. The number of hydrogen-bond donors (Lipinski definition) is 6. The molecule has 0 spiro atoms. The number of benzene rings is 3. The summed E-state index contributed by atoms with van der Waals surface area (Å²) in [5.41, 5.74) is 1.72. The number of nitrogens with zero attached hydrogens (tertiary/aromatic N) is 1. The first-order chi connectivity index (χ1) is 17.2. The van der Waals surface area contributed by atoms with Crippen molar-refractivity contribution < 1.29 is 34.8 Å². The minimum absolute atomic E-state index is 0.0368. The normalized spacial score (nSPS) is 16.6. The molecule has 186 valence electrons. The molecule has 36 heavy (non-hydrogen) atoms. The Morgan fingerprint density at radius 3 is 2.19 bits per heavy atom. The van der Waals surface area contributed by atoms with E-state index in [4.69, 9.17) is 4.74 Å². The summed E-state index contributed by atoms with van der Waals surface area (Å²) in [6.45, 7) is 2.07. The topological polar surface area (TPSA) is 161 Å². The fourth-order valence-corrected chi connectivity index (χ4v) is 3.75. The number of rotatable bonds is 7. The summed E-state index contributed by atoms with van der Waals surface area (Å²) in [7, 11) is 0. The number of phenols is 4. The van der Waals surface area contributed by atoms with E-state index in [2.05, 4.69) is 15.6 Å². The third kappa shape index (κ3) is 5.17. The summed E-state index contributed by atoms with van der Waals surface area (Å²) in [6.07, 6.45) is -0.572. The quantitative estimate of drug-likeness (QED) is 0.276. The highest BCUT2D eigenvalue weighted by Crippen LogP contribution is 2.31. The summed E-state index contributed by atoms with van der Waals surface area (Å²) in [6, 6.07) is 14.9. The van der Waals surface area contributed by atoms with Crippen molar-refractivity contribution in [2.24, 2.45) is 4.99 Å². The van der Waals surface area contributed by atoms with Gasteiger partial charge in [0.1, 0.15) is 6.10 Å². The summed E-state index contributed by atoms with van der Waals surface area (Å²) < 4.78 is 5.64. The number of phenolic OH excluding ortho intramolecular Hbond substituents is 4. The van der Waals surface area contributed by atoms with Crippen LogP contribution in [-0.2, 0) is 22.6 Å². The molecule has 0 saturated heterocycles. The van der Waals surface area contributed by atoms with E-state index >= 15 is 0 Å². The number of aliphatic imine (C=N–C) groups is 1. The van der Waals surface area contributed by atoms with Gasteiger partial charge in [-0.25, -0.2) is 4.99 Å². The van der Waals surface area contributed by atoms with Gasteiger partial charge < -0.3 is 35.8 Å². The summed E-state index contributed by atoms with van der Waals surface area (Å²) in [4.78, 5) is 29.4. The number of carbonyl (C=O) groups excluding carboxylic acids is 2. The number of aromatic hydroxyl groups is 4. The molecule has 3 aromatic rings. The van der Waals surface area contributed by atoms with Crippen LogP contribution in [0.15, 0.2) is 65.7 Å². The van der Waals surface area contributed by atoms with E-state index < -0.39 is 23.8 Å². The molecule has 0 bridgehead atoms. The van der Waals surface area contributed by atoms with Crippen molar-refractivity contribution >= 4 is 17.7 Å². The molecule has 1 aliphatic heterocycles. The van der Waals surface area contributed by atoms with Crippen molar-refractivity contribution in [2.45, 2.75) is 32.2 Å². The maximum Gasteiger partial charge on any atom is 0.255 e. The zero-order valence-corrected chi connectivity index (χ0v) is 19.3. The van der Waals surface area contributed by atoms with Crippen LogP contribution in [0.4, 0.5) is 0 Å². The predicted molar refractivity (Wildman–Crippen MR) is 130 cm³/mol. The molecule has 1 heterocycles. The summed E-state index contributed by atoms with van der Waals surface area (Å²) in [5, 5.41) is 44.7. The van der Waals surface area contributed by atoms with Crippen molar-refractivity contribution in [3.05, 3.63) is 82.9 Å². The van der Waals surface area contributed by atoms with E-state index in [1.54, 1.807) is 19.1 Å². The first kappa shape index (κ1) is 24.4. The van der Waals surface area contributed by atoms with Crippen LogP contribution >= 0.6 is 0 Å². The van der Waals surface area contributed by atoms with Gasteiger partial charge in [-0.3, -0.25) is 9.59 Å². The smallest absolute Gasteiger partial charge is 0.255 e. The largest absolute Gasteiger partial charge is 0.504 e. The Hall–Kier alpha value is -4.73. The SMILES string of the molecule is CC1OC(c2cccc(O)c2O)=N[C@@H]1C(=O)NCc1cccc(CNC(=O)c2cccc(O)c2O)c1. The van der Waals surface area contributed by atoms with E-state index in [0.29, 0.717) is 0 Å². The van der Waals surface area contributed by atoms with Gasteiger partial charge in [0.25, 0.3) is 5.91 Å². The van der Waals surface area contributed by atoms with Gasteiger partial charge in [-0.2, -0.15) is 0 Å². The van der Waals surface area contributed by atoms with E-state index in [-0.39, 0.29) is 53.3 Å². The van der Waals surface area contributed by atoms with Gasteiger partial charge >= 0.3 is 0 Å². The van der Waals surface area contributed by atoms with Crippen LogP contribution in [-0.4, -0.2) is 50.3 Å². The van der Waals surface area contributed by atoms with Gasteiger partial charge in [0.05, 0.1) is 11.1 Å². The van der Waals surface area contributed by atoms with Crippen molar-refractivity contribution in [3.8, 4) is 23.0 Å². The Bertz CT molecular complexity index is 1340. The molecule has 2 atom stereocenters. The Morgan fingerprint density at radius 1 is 0.861 bits per heavy atom. The van der Waals surface area contributed by atoms with Crippen LogP contribution in [0.25, 0.3) is 0 Å². The lowest BCUT2D eigenvalue weighted by atomic mass is 10.1. The van der Waals surface area contributed by atoms with Crippen molar-refractivity contribution in [3.63, 3.8) is 0 Å². The highest BCUT2D eigenvalue weighted by molar-refractivity contribution is 6.01. The van der Waals surface area contributed by atoms with Crippen molar-refractivity contribution in [1.82, 2.24) is 10.6 Å². The van der Waals surface area contributed by atoms with E-state index in [1.807, 2.05) is 12.1 Å². The highest BCUT2D eigenvalue weighted by atomic mass is 16.5. The first-order valence-corrected chi connectivity index (χ1v) is 11.1. The molecule has 6 N–H and O–H groups in total. The predicted octanol–water partition coefficient (Wildman–Crippen LogP) is 2.29. The zero-order chi connectivity index (χ0) is 25.8. The van der Waals surface area contributed by atoms with E-state index in [9.17, 15) is 30.0 Å². The van der Waals surface area contributed by atoms with Gasteiger partial charge in [-0.05, 0) is 42.3 Å². The molecule has 4 rings (SSSR count). The summed E-state index contributed by atoms with van der Waals surface area (Å²) in [5.74, 6) is -2.37. The van der Waals surface area contributed by atoms with E-state index in [1.165, 1.54) is 36.4 Å². The number of ether oxygens (including phenoxy) is 1. The van der Waals surface area contributed by atoms with Crippen LogP contribution in [0.1, 0.15) is 34.0 Å². The lowest BCUT2D eigenvalue weighted by Crippen LogP contribution is -2.37. The number of nitrogens with one attached hydrogen (secondary N) is 2. The number of amides is 2. The minimum Gasteiger partial charge on any atom is -0.504 e. The second-order valence-corrected chi connectivity index (χ2v) is 8.27. The molecule has 0 aliphatic carbocycles. The molecule has 0 radical (unpaired) electrons. The van der Waals surface area contributed by atoms with Gasteiger partial charge in [0.2, 0.25) is 11.8 Å². The second kappa shape index (κ2) is 10.3. The standard InChI is InChI=1S/C26H25N3O7/c1-14-21(29-26(36-14)18-8-4-10-20(31)23(18)33)25(35)28-13-16-6-2-5-15(11-16)12-27-24(34)17-7-3-9-19(30)22(17)32/h2-11,14,21,30-33H,12-13H2,1H3,(H,27,34)(H,28,35)/t14?,21-/m0/s1. The molecule has 10 heteroatoms. The van der Waals surface area contributed by atoms with Crippen LogP contribution in [0.5, 0.6) is 23.0 Å². The van der Waals surface area contributed by atoms with E-state index in [0.717, 1.165) is 11.1 Å². The van der Waals surface area contributed by atoms with Crippen LogP contribution in [0.3, 0.4) is 0 Å². The number of hydrogen-bond acceptors (Lipinski definition) is 8. The lowest BCUT2D eigenvalue weighted by Gasteiger charge is -2.13. The number of para-hydroxylation sites is 2. The van der Waals surface area contributed by atoms with Crippen molar-refractivity contribution in [2.75, 3.05) is 0 Å². The zero-order valence-electron chi connectivity index (χ0n) is 19.3. The molecule has 2 amide bonds. The monoisotopic (exact) mass is 491 g/mol. The third-order valence-electron chi connectivity index (χ3n) is 5.68. The molecule has 0 aromatic heterocycles. The maximum atomic E-state index is 12.8. The molecule has 1 unspecified atom stereocenters. The fraction of sp³-hybridized carbons (Fsp3) is 0.192. The first-order valence-electron chi connectivity index (χ1n) is 11.1. The van der Waals surface area contributed by atoms with Gasteiger partial charge in [-0.15, -0.1) is 0 Å². The van der Waals surface area contributed by atoms with Crippen LogP contribution < -0.4 is 10.6 Å². The third-order valence-corrected chi connectivity index (χ3v) is 5.68. The molecular formula is C26H25N3O7. The summed E-state index contributed by atoms with van der Waals surface area (Å²) >= 11 is 0. The Labute approximate surface area is 206 Å². The van der Waals surface area contributed by atoms with Gasteiger partial charge in [-0.1, -0.05) is 36.4 Å². The maximum absolute atomic E-state index is 12.8. The van der Waals surface area contributed by atoms with Gasteiger partial charge in [0, 0.05) is 13.1 Å². The Kier molecular flexibility index (Phi) is 6.95. The average Bonchev–Trinajstić information content (AvgIpc) is 3.26. The Balaban J connectivity index is 1.36. The van der Waals surface area contributed by atoms with Gasteiger partial charge in [0.15, 0.2) is 29.0 Å². The molecular weight excluding hydrogens is 466 g/mol. The lowest BCUT2D eigenvalue weighted by molar-refractivity contribution is -0.123. The van der Waals surface area contributed by atoms with Crippen molar-refractivity contribution in [1.29, 1.82) is 0 Å². The van der Waals surface area contributed by atoms with Crippen LogP contribution in [0.2, 0.25) is 0 Å². The fourth-order valence-electron chi connectivity index (χ4n) is 3.75. The number of carbonyl (C=O) groups is 2. The molecule has 10 nitrogen and oxygen atoms in total. The highest BCUT2D eigenvalue weighted by Gasteiger charge is 2.34. The second-order valence-electron chi connectivity index (χ2n) is 8.27.